The predicted octanol–water partition coefficient (Wildman–Crippen LogP) is 3.18. The number of hydrogen-bond acceptors (Lipinski definition) is 3. The zero-order valence-electron chi connectivity index (χ0n) is 11.4. The molecule has 0 saturated carbocycles. The summed E-state index contributed by atoms with van der Waals surface area (Å²) in [6.45, 7) is 4.13. The van der Waals surface area contributed by atoms with Crippen molar-refractivity contribution in [2.45, 2.75) is 19.8 Å². The molecule has 4 nitrogen and oxygen atoms in total. The first-order valence-corrected chi connectivity index (χ1v) is 6.29. The Hall–Kier alpha value is -2.43. The van der Waals surface area contributed by atoms with Gasteiger partial charge in [-0.2, -0.15) is 0 Å². The number of pyridine rings is 1. The molecule has 1 amide bonds. The second-order valence-electron chi connectivity index (χ2n) is 4.82. The molecule has 1 aromatic heterocycles. The molecule has 0 aliphatic rings. The molecule has 0 spiro atoms. The Bertz CT molecular complexity index is 641. The number of nitrogens with one attached hydrogen (secondary N) is 1. The quantitative estimate of drug-likeness (QED) is 0.902. The van der Waals surface area contributed by atoms with Crippen LogP contribution in [0.25, 0.3) is 0 Å². The molecule has 2 aromatic rings. The second kappa shape index (κ2) is 5.69. The summed E-state index contributed by atoms with van der Waals surface area (Å²) >= 11 is 0. The fraction of sp³-hybridized carbons (Fsp3) is 0.200. The standard InChI is InChI=1S/C15H16FN3O/c1-9(2)10-4-3-5-12(6-10)19-15(20)13-7-11(16)8-18-14(13)17/h3-9H,1-2H3,(H2,17,18)(H,19,20). The monoisotopic (exact) mass is 273 g/mol. The van der Waals surface area contributed by atoms with Gasteiger partial charge < -0.3 is 11.1 Å². The molecular formula is C15H16FN3O. The maximum absolute atomic E-state index is 13.1. The third-order valence-electron chi connectivity index (χ3n) is 2.94. The molecule has 5 heteroatoms. The zero-order chi connectivity index (χ0) is 14.7. The van der Waals surface area contributed by atoms with Crippen LogP contribution in [0.3, 0.4) is 0 Å². The first kappa shape index (κ1) is 14.0. The summed E-state index contributed by atoms with van der Waals surface area (Å²) in [5.74, 6) is -0.715. The minimum absolute atomic E-state index is 0.00362. The van der Waals surface area contributed by atoms with Crippen LogP contribution in [0.15, 0.2) is 36.5 Å². The van der Waals surface area contributed by atoms with E-state index in [2.05, 4.69) is 24.1 Å². The number of nitrogen functional groups attached to an aromatic ring is 1. The van der Waals surface area contributed by atoms with E-state index < -0.39 is 11.7 Å². The normalized spacial score (nSPS) is 10.6. The molecule has 20 heavy (non-hydrogen) atoms. The van der Waals surface area contributed by atoms with E-state index in [1.54, 1.807) is 6.07 Å². The van der Waals surface area contributed by atoms with E-state index in [1.807, 2.05) is 18.2 Å². The molecule has 0 aliphatic carbocycles. The van der Waals surface area contributed by atoms with Gasteiger partial charge in [0.05, 0.1) is 11.8 Å². The molecule has 1 heterocycles. The summed E-state index contributed by atoms with van der Waals surface area (Å²) in [4.78, 5) is 15.7. The largest absolute Gasteiger partial charge is 0.383 e. The lowest BCUT2D eigenvalue weighted by molar-refractivity contribution is 0.102. The third-order valence-corrected chi connectivity index (χ3v) is 2.94. The predicted molar refractivity (Wildman–Crippen MR) is 77.1 cm³/mol. The number of nitrogens with two attached hydrogens (primary N) is 1. The van der Waals surface area contributed by atoms with Gasteiger partial charge in [-0.1, -0.05) is 26.0 Å². The lowest BCUT2D eigenvalue weighted by Gasteiger charge is -2.10. The summed E-state index contributed by atoms with van der Waals surface area (Å²) in [5.41, 5.74) is 7.36. The van der Waals surface area contributed by atoms with Gasteiger partial charge in [0.25, 0.3) is 5.91 Å². The van der Waals surface area contributed by atoms with Gasteiger partial charge in [-0.3, -0.25) is 4.79 Å². The van der Waals surface area contributed by atoms with Crippen LogP contribution in [0.2, 0.25) is 0 Å². The topological polar surface area (TPSA) is 68.0 Å². The van der Waals surface area contributed by atoms with Crippen molar-refractivity contribution in [1.82, 2.24) is 4.98 Å². The minimum Gasteiger partial charge on any atom is -0.383 e. The first-order valence-electron chi connectivity index (χ1n) is 6.29. The molecule has 0 bridgehead atoms. The van der Waals surface area contributed by atoms with E-state index in [0.29, 0.717) is 11.6 Å². The van der Waals surface area contributed by atoms with Gasteiger partial charge in [0, 0.05) is 5.69 Å². The summed E-state index contributed by atoms with van der Waals surface area (Å²) < 4.78 is 13.1. The molecule has 2 rings (SSSR count). The maximum atomic E-state index is 13.1. The Morgan fingerprint density at radius 2 is 2.10 bits per heavy atom. The average molecular weight is 273 g/mol. The molecule has 0 fully saturated rings. The van der Waals surface area contributed by atoms with Crippen molar-refractivity contribution >= 4 is 17.4 Å². The number of aromatic nitrogens is 1. The van der Waals surface area contributed by atoms with Gasteiger partial charge >= 0.3 is 0 Å². The van der Waals surface area contributed by atoms with Gasteiger partial charge in [-0.25, -0.2) is 9.37 Å². The summed E-state index contributed by atoms with van der Waals surface area (Å²) in [5, 5.41) is 2.70. The molecular weight excluding hydrogens is 257 g/mol. The van der Waals surface area contributed by atoms with Crippen LogP contribution in [-0.4, -0.2) is 10.9 Å². The Morgan fingerprint density at radius 3 is 2.80 bits per heavy atom. The number of nitrogens with zero attached hydrogens (tertiary/aromatic N) is 1. The first-order chi connectivity index (χ1) is 9.47. The molecule has 3 N–H and O–H groups in total. The van der Waals surface area contributed by atoms with Crippen molar-refractivity contribution in [3.63, 3.8) is 0 Å². The van der Waals surface area contributed by atoms with Crippen LogP contribution < -0.4 is 11.1 Å². The van der Waals surface area contributed by atoms with E-state index >= 15 is 0 Å². The minimum atomic E-state index is -0.597. The Balaban J connectivity index is 2.23. The molecule has 0 atom stereocenters. The number of amides is 1. The highest BCUT2D eigenvalue weighted by molar-refractivity contribution is 6.07. The van der Waals surface area contributed by atoms with E-state index in [-0.39, 0.29) is 11.4 Å². The van der Waals surface area contributed by atoms with Crippen LogP contribution in [0.1, 0.15) is 35.7 Å². The number of anilines is 2. The Kier molecular flexibility index (Phi) is 3.98. The lowest BCUT2D eigenvalue weighted by Crippen LogP contribution is -2.15. The van der Waals surface area contributed by atoms with Crippen molar-refractivity contribution in [1.29, 1.82) is 0 Å². The van der Waals surface area contributed by atoms with Gasteiger partial charge in [-0.05, 0) is 29.7 Å². The Morgan fingerprint density at radius 1 is 1.35 bits per heavy atom. The lowest BCUT2D eigenvalue weighted by atomic mass is 10.0. The molecule has 0 saturated heterocycles. The van der Waals surface area contributed by atoms with Crippen LogP contribution in [0, 0.1) is 5.82 Å². The third kappa shape index (κ3) is 3.12. The highest BCUT2D eigenvalue weighted by Crippen LogP contribution is 2.20. The molecule has 0 radical (unpaired) electrons. The van der Waals surface area contributed by atoms with Crippen molar-refractivity contribution in [3.8, 4) is 0 Å². The molecule has 1 aromatic carbocycles. The van der Waals surface area contributed by atoms with E-state index in [4.69, 9.17) is 5.73 Å². The summed E-state index contributed by atoms with van der Waals surface area (Å²) in [7, 11) is 0. The number of rotatable bonds is 3. The van der Waals surface area contributed by atoms with Gasteiger partial charge in [0.1, 0.15) is 11.6 Å². The summed E-state index contributed by atoms with van der Waals surface area (Å²) in [6, 6.07) is 8.57. The van der Waals surface area contributed by atoms with E-state index in [1.165, 1.54) is 0 Å². The number of halogens is 1. The smallest absolute Gasteiger partial charge is 0.259 e. The Labute approximate surface area is 116 Å². The SMILES string of the molecule is CC(C)c1cccc(NC(=O)c2cc(F)cnc2N)c1. The second-order valence-corrected chi connectivity index (χ2v) is 4.82. The summed E-state index contributed by atoms with van der Waals surface area (Å²) in [6.07, 6.45) is 0.978. The number of benzene rings is 1. The fourth-order valence-electron chi connectivity index (χ4n) is 1.81. The molecule has 0 aliphatic heterocycles. The average Bonchev–Trinajstić information content (AvgIpc) is 2.41. The van der Waals surface area contributed by atoms with E-state index in [9.17, 15) is 9.18 Å². The van der Waals surface area contributed by atoms with Crippen molar-refractivity contribution in [2.24, 2.45) is 0 Å². The maximum Gasteiger partial charge on any atom is 0.259 e. The highest BCUT2D eigenvalue weighted by atomic mass is 19.1. The van der Waals surface area contributed by atoms with Crippen LogP contribution in [-0.2, 0) is 0 Å². The van der Waals surface area contributed by atoms with Crippen LogP contribution >= 0.6 is 0 Å². The zero-order valence-corrected chi connectivity index (χ0v) is 11.4. The van der Waals surface area contributed by atoms with Crippen molar-refractivity contribution in [3.05, 3.63) is 53.5 Å². The number of hydrogen-bond donors (Lipinski definition) is 2. The van der Waals surface area contributed by atoms with Crippen LogP contribution in [0.5, 0.6) is 0 Å². The van der Waals surface area contributed by atoms with Crippen molar-refractivity contribution < 1.29 is 9.18 Å². The number of carbonyl (C=O) groups is 1. The molecule has 0 unspecified atom stereocenters. The van der Waals surface area contributed by atoms with Crippen molar-refractivity contribution in [2.75, 3.05) is 11.1 Å². The van der Waals surface area contributed by atoms with Gasteiger partial charge in [0.2, 0.25) is 0 Å². The molecule has 104 valence electrons. The number of carbonyl (C=O) groups excluding carboxylic acids is 1. The van der Waals surface area contributed by atoms with Gasteiger partial charge in [-0.15, -0.1) is 0 Å². The van der Waals surface area contributed by atoms with Gasteiger partial charge in [0.15, 0.2) is 0 Å². The highest BCUT2D eigenvalue weighted by Gasteiger charge is 2.12. The van der Waals surface area contributed by atoms with E-state index in [0.717, 1.165) is 17.8 Å². The van der Waals surface area contributed by atoms with Crippen LogP contribution in [0.4, 0.5) is 15.9 Å². The fourth-order valence-corrected chi connectivity index (χ4v) is 1.81.